The molecule has 23 heavy (non-hydrogen) atoms. The van der Waals surface area contributed by atoms with Crippen molar-refractivity contribution in [3.05, 3.63) is 34.2 Å². The van der Waals surface area contributed by atoms with E-state index >= 15 is 0 Å². The minimum absolute atomic E-state index is 0.0285. The van der Waals surface area contributed by atoms with Gasteiger partial charge in [-0.15, -0.1) is 11.3 Å². The molecule has 2 heterocycles. The number of piperidine rings is 1. The molecule has 0 unspecified atom stereocenters. The van der Waals surface area contributed by atoms with E-state index < -0.39 is 0 Å². The molecule has 2 aromatic rings. The first-order valence-corrected chi connectivity index (χ1v) is 9.39. The largest absolute Gasteiger partial charge is 0.349 e. The highest BCUT2D eigenvalue weighted by atomic mass is 35.5. The summed E-state index contributed by atoms with van der Waals surface area (Å²) >= 11 is 7.85. The quantitative estimate of drug-likeness (QED) is 0.877. The lowest BCUT2D eigenvalue weighted by Crippen LogP contribution is -2.53. The molecule has 1 aromatic heterocycles. The van der Waals surface area contributed by atoms with Crippen LogP contribution in [0.5, 0.6) is 0 Å². The van der Waals surface area contributed by atoms with E-state index in [2.05, 4.69) is 24.1 Å². The number of carbonyl (C=O) groups is 1. The Bertz CT molecular complexity index is 704. The Labute approximate surface area is 146 Å². The first-order chi connectivity index (χ1) is 11.0. The molecule has 0 bridgehead atoms. The minimum atomic E-state index is -0.0683. The van der Waals surface area contributed by atoms with Gasteiger partial charge in [0.1, 0.15) is 4.88 Å². The van der Waals surface area contributed by atoms with E-state index in [-0.39, 0.29) is 11.4 Å². The molecule has 1 N–H and O–H groups in total. The Balaban J connectivity index is 1.69. The van der Waals surface area contributed by atoms with Crippen LogP contribution in [0.15, 0.2) is 24.3 Å². The molecule has 0 spiro atoms. The van der Waals surface area contributed by atoms with Crippen molar-refractivity contribution in [1.29, 1.82) is 0 Å². The molecule has 1 aromatic carbocycles. The highest BCUT2D eigenvalue weighted by molar-refractivity contribution is 7.21. The van der Waals surface area contributed by atoms with E-state index in [0.29, 0.717) is 16.4 Å². The summed E-state index contributed by atoms with van der Waals surface area (Å²) in [6.07, 6.45) is 3.81. The molecular formula is C18H23ClN2OS. The van der Waals surface area contributed by atoms with Gasteiger partial charge in [0.05, 0.1) is 5.02 Å². The molecule has 0 atom stereocenters. The van der Waals surface area contributed by atoms with Crippen molar-refractivity contribution in [2.75, 3.05) is 19.6 Å². The second-order valence-electron chi connectivity index (χ2n) is 6.78. The first-order valence-electron chi connectivity index (χ1n) is 8.19. The highest BCUT2D eigenvalue weighted by Gasteiger charge is 2.29. The summed E-state index contributed by atoms with van der Waals surface area (Å²) < 4.78 is 1.05. The molecule has 1 fully saturated rings. The van der Waals surface area contributed by atoms with Crippen molar-refractivity contribution in [3.8, 4) is 0 Å². The number of fused-ring (bicyclic) bond motifs is 1. The van der Waals surface area contributed by atoms with Gasteiger partial charge in [-0.25, -0.2) is 0 Å². The van der Waals surface area contributed by atoms with Gasteiger partial charge in [-0.2, -0.15) is 0 Å². The van der Waals surface area contributed by atoms with Gasteiger partial charge in [0, 0.05) is 22.2 Å². The maximum absolute atomic E-state index is 12.6. The number of likely N-dealkylation sites (tertiary alicyclic amines) is 1. The SMILES string of the molecule is CC(C)(CNC(=O)c1sc2ccccc2c1Cl)N1CCCCC1. The van der Waals surface area contributed by atoms with Crippen LogP contribution in [0.3, 0.4) is 0 Å². The van der Waals surface area contributed by atoms with E-state index in [9.17, 15) is 4.79 Å². The zero-order valence-electron chi connectivity index (χ0n) is 13.7. The average Bonchev–Trinajstić information content (AvgIpc) is 2.91. The lowest BCUT2D eigenvalue weighted by atomic mass is 9.98. The highest BCUT2D eigenvalue weighted by Crippen LogP contribution is 2.35. The zero-order valence-corrected chi connectivity index (χ0v) is 15.3. The van der Waals surface area contributed by atoms with Crippen molar-refractivity contribution in [2.45, 2.75) is 38.6 Å². The predicted molar refractivity (Wildman–Crippen MR) is 98.7 cm³/mol. The summed E-state index contributed by atoms with van der Waals surface area (Å²) in [4.78, 5) is 15.6. The van der Waals surface area contributed by atoms with Gasteiger partial charge in [-0.3, -0.25) is 9.69 Å². The monoisotopic (exact) mass is 350 g/mol. The van der Waals surface area contributed by atoms with Gasteiger partial charge < -0.3 is 5.32 Å². The van der Waals surface area contributed by atoms with Crippen LogP contribution < -0.4 is 5.32 Å². The van der Waals surface area contributed by atoms with Crippen LogP contribution in [0.4, 0.5) is 0 Å². The van der Waals surface area contributed by atoms with Crippen LogP contribution in [0, 0.1) is 0 Å². The van der Waals surface area contributed by atoms with E-state index in [1.54, 1.807) is 0 Å². The Morgan fingerprint density at radius 2 is 1.96 bits per heavy atom. The molecule has 1 aliphatic rings. The van der Waals surface area contributed by atoms with Gasteiger partial charge in [0.25, 0.3) is 5.91 Å². The Hall–Kier alpha value is -1.10. The molecule has 3 rings (SSSR count). The third-order valence-electron chi connectivity index (χ3n) is 4.63. The van der Waals surface area contributed by atoms with Crippen LogP contribution in [0.1, 0.15) is 42.8 Å². The molecule has 0 radical (unpaired) electrons. The van der Waals surface area contributed by atoms with Gasteiger partial charge in [0.2, 0.25) is 0 Å². The first kappa shape index (κ1) is 16.7. The van der Waals surface area contributed by atoms with Crippen LogP contribution in [0.25, 0.3) is 10.1 Å². The average molecular weight is 351 g/mol. The lowest BCUT2D eigenvalue weighted by molar-refractivity contribution is 0.0800. The molecule has 1 amide bonds. The number of benzene rings is 1. The zero-order chi connectivity index (χ0) is 16.4. The van der Waals surface area contributed by atoms with Crippen molar-refractivity contribution in [3.63, 3.8) is 0 Å². The van der Waals surface area contributed by atoms with Gasteiger partial charge in [-0.1, -0.05) is 36.2 Å². The van der Waals surface area contributed by atoms with Crippen LogP contribution in [-0.4, -0.2) is 36.0 Å². The van der Waals surface area contributed by atoms with Crippen molar-refractivity contribution >= 4 is 38.9 Å². The Morgan fingerprint density at radius 1 is 1.26 bits per heavy atom. The van der Waals surface area contributed by atoms with E-state index in [1.165, 1.54) is 30.6 Å². The number of thiophene rings is 1. The number of hydrogen-bond donors (Lipinski definition) is 1. The van der Waals surface area contributed by atoms with Gasteiger partial charge >= 0.3 is 0 Å². The van der Waals surface area contributed by atoms with E-state index in [4.69, 9.17) is 11.6 Å². The molecular weight excluding hydrogens is 328 g/mol. The van der Waals surface area contributed by atoms with Crippen molar-refractivity contribution < 1.29 is 4.79 Å². The second kappa shape index (κ2) is 6.80. The van der Waals surface area contributed by atoms with Crippen LogP contribution in [-0.2, 0) is 0 Å². The topological polar surface area (TPSA) is 32.3 Å². The molecule has 124 valence electrons. The van der Waals surface area contributed by atoms with Crippen molar-refractivity contribution in [2.24, 2.45) is 0 Å². The molecule has 5 heteroatoms. The second-order valence-corrected chi connectivity index (χ2v) is 8.21. The predicted octanol–water partition coefficient (Wildman–Crippen LogP) is 4.55. The summed E-state index contributed by atoms with van der Waals surface area (Å²) in [5, 5.41) is 4.61. The Kier molecular flexibility index (Phi) is 4.95. The summed E-state index contributed by atoms with van der Waals surface area (Å²) in [7, 11) is 0. The number of halogens is 1. The normalized spacial score (nSPS) is 16.7. The third kappa shape index (κ3) is 3.54. The molecule has 0 aliphatic carbocycles. The fourth-order valence-corrected chi connectivity index (χ4v) is 4.58. The maximum atomic E-state index is 12.6. The number of amides is 1. The van der Waals surface area contributed by atoms with Gasteiger partial charge in [-0.05, 0) is 45.8 Å². The third-order valence-corrected chi connectivity index (χ3v) is 6.31. The molecule has 1 aliphatic heterocycles. The van der Waals surface area contributed by atoms with Gasteiger partial charge in [0.15, 0.2) is 0 Å². The van der Waals surface area contributed by atoms with Crippen LogP contribution in [0.2, 0.25) is 5.02 Å². The fraction of sp³-hybridized carbons (Fsp3) is 0.500. The number of rotatable bonds is 4. The maximum Gasteiger partial charge on any atom is 0.262 e. The molecule has 0 saturated carbocycles. The molecule has 3 nitrogen and oxygen atoms in total. The number of nitrogens with one attached hydrogen (secondary N) is 1. The summed E-state index contributed by atoms with van der Waals surface area (Å²) in [6, 6.07) is 7.88. The van der Waals surface area contributed by atoms with E-state index in [0.717, 1.165) is 23.2 Å². The number of nitrogens with zero attached hydrogens (tertiary/aromatic N) is 1. The number of carbonyl (C=O) groups excluding carboxylic acids is 1. The summed E-state index contributed by atoms with van der Waals surface area (Å²) in [6.45, 7) is 7.27. The molecule has 1 saturated heterocycles. The summed E-state index contributed by atoms with van der Waals surface area (Å²) in [5.74, 6) is -0.0683. The summed E-state index contributed by atoms with van der Waals surface area (Å²) in [5.41, 5.74) is -0.0285. The lowest BCUT2D eigenvalue weighted by Gasteiger charge is -2.41. The number of hydrogen-bond acceptors (Lipinski definition) is 3. The van der Waals surface area contributed by atoms with Crippen LogP contribution >= 0.6 is 22.9 Å². The Morgan fingerprint density at radius 3 is 2.65 bits per heavy atom. The standard InChI is InChI=1S/C18H23ClN2OS/c1-18(2,21-10-6-3-7-11-21)12-20-17(22)16-15(19)13-8-4-5-9-14(13)23-16/h4-5,8-9H,3,6-7,10-12H2,1-2H3,(H,20,22). The fourth-order valence-electron chi connectivity index (χ4n) is 3.15. The minimum Gasteiger partial charge on any atom is -0.349 e. The van der Waals surface area contributed by atoms with Crippen molar-refractivity contribution in [1.82, 2.24) is 10.2 Å². The van der Waals surface area contributed by atoms with E-state index in [1.807, 2.05) is 24.3 Å². The smallest absolute Gasteiger partial charge is 0.262 e.